The SMILES string of the molecule is Cc1ccc(S(=O)(=O)N(CC(=O)NC[C@H]2CCCO2)Cc2ccccc2F)cc1. The summed E-state index contributed by atoms with van der Waals surface area (Å²) in [6, 6.07) is 12.3. The number of nitrogens with zero attached hydrogens (tertiary/aromatic N) is 1. The molecule has 0 bridgehead atoms. The molecule has 1 amide bonds. The van der Waals surface area contributed by atoms with Crippen LogP contribution in [0.4, 0.5) is 4.39 Å². The Kier molecular flexibility index (Phi) is 7.00. The van der Waals surface area contributed by atoms with Gasteiger partial charge in [-0.05, 0) is 38.0 Å². The predicted molar refractivity (Wildman–Crippen MR) is 107 cm³/mol. The van der Waals surface area contributed by atoms with E-state index in [9.17, 15) is 17.6 Å². The van der Waals surface area contributed by atoms with Crippen LogP contribution < -0.4 is 5.32 Å². The summed E-state index contributed by atoms with van der Waals surface area (Å²) in [4.78, 5) is 12.5. The molecule has 156 valence electrons. The highest BCUT2D eigenvalue weighted by Gasteiger charge is 2.28. The first-order valence-electron chi connectivity index (χ1n) is 9.55. The second kappa shape index (κ2) is 9.47. The van der Waals surface area contributed by atoms with E-state index in [-0.39, 0.29) is 23.1 Å². The van der Waals surface area contributed by atoms with E-state index < -0.39 is 28.3 Å². The van der Waals surface area contributed by atoms with Gasteiger partial charge in [-0.3, -0.25) is 4.79 Å². The van der Waals surface area contributed by atoms with E-state index in [1.54, 1.807) is 18.2 Å². The number of nitrogens with one attached hydrogen (secondary N) is 1. The lowest BCUT2D eigenvalue weighted by Crippen LogP contribution is -2.42. The van der Waals surface area contributed by atoms with Crippen molar-refractivity contribution in [1.29, 1.82) is 0 Å². The zero-order chi connectivity index (χ0) is 20.9. The maximum Gasteiger partial charge on any atom is 0.243 e. The van der Waals surface area contributed by atoms with E-state index in [1.807, 2.05) is 6.92 Å². The van der Waals surface area contributed by atoms with E-state index in [0.717, 1.165) is 22.7 Å². The lowest BCUT2D eigenvalue weighted by Gasteiger charge is -2.22. The number of halogens is 1. The van der Waals surface area contributed by atoms with Crippen molar-refractivity contribution in [2.24, 2.45) is 0 Å². The van der Waals surface area contributed by atoms with Gasteiger partial charge in [-0.1, -0.05) is 35.9 Å². The van der Waals surface area contributed by atoms with Crippen LogP contribution in [0.1, 0.15) is 24.0 Å². The molecule has 0 radical (unpaired) electrons. The van der Waals surface area contributed by atoms with E-state index in [1.165, 1.54) is 30.3 Å². The highest BCUT2D eigenvalue weighted by atomic mass is 32.2. The van der Waals surface area contributed by atoms with Crippen molar-refractivity contribution in [3.63, 3.8) is 0 Å². The van der Waals surface area contributed by atoms with E-state index in [2.05, 4.69) is 5.32 Å². The number of hydrogen-bond acceptors (Lipinski definition) is 4. The van der Waals surface area contributed by atoms with Crippen LogP contribution in [0.2, 0.25) is 0 Å². The molecule has 2 aromatic carbocycles. The summed E-state index contributed by atoms with van der Waals surface area (Å²) in [7, 11) is -3.99. The number of hydrogen-bond donors (Lipinski definition) is 1. The standard InChI is InChI=1S/C21H25FN2O4S/c1-16-8-10-19(11-9-16)29(26,27)24(14-17-5-2-3-7-20(17)22)15-21(25)23-13-18-6-4-12-28-18/h2-3,5,7-11,18H,4,6,12-15H2,1H3,(H,23,25)/t18-/m1/s1. The fourth-order valence-electron chi connectivity index (χ4n) is 3.15. The molecule has 8 heteroatoms. The first kappa shape index (κ1) is 21.4. The summed E-state index contributed by atoms with van der Waals surface area (Å²) < 4.78 is 46.9. The molecule has 1 aliphatic heterocycles. The minimum Gasteiger partial charge on any atom is -0.376 e. The van der Waals surface area contributed by atoms with Gasteiger partial charge in [-0.15, -0.1) is 0 Å². The molecule has 0 spiro atoms. The number of ether oxygens (including phenoxy) is 1. The van der Waals surface area contributed by atoms with Gasteiger partial charge >= 0.3 is 0 Å². The van der Waals surface area contributed by atoms with Crippen molar-refractivity contribution in [2.75, 3.05) is 19.7 Å². The van der Waals surface area contributed by atoms with Gasteiger partial charge in [0.05, 0.1) is 17.5 Å². The first-order valence-corrected chi connectivity index (χ1v) is 11.0. The highest BCUT2D eigenvalue weighted by molar-refractivity contribution is 7.89. The third kappa shape index (κ3) is 5.62. The number of rotatable bonds is 8. The fourth-order valence-corrected chi connectivity index (χ4v) is 4.53. The van der Waals surface area contributed by atoms with Gasteiger partial charge in [0.15, 0.2) is 0 Å². The van der Waals surface area contributed by atoms with Gasteiger partial charge in [0.1, 0.15) is 5.82 Å². The number of benzene rings is 2. The molecule has 0 unspecified atom stereocenters. The van der Waals surface area contributed by atoms with Crippen LogP contribution in [0.25, 0.3) is 0 Å². The molecule has 2 aromatic rings. The van der Waals surface area contributed by atoms with Gasteiger partial charge in [-0.25, -0.2) is 12.8 Å². The summed E-state index contributed by atoms with van der Waals surface area (Å²) in [6.07, 6.45) is 1.76. The molecular weight excluding hydrogens is 395 g/mol. The van der Waals surface area contributed by atoms with E-state index in [0.29, 0.717) is 13.2 Å². The molecular formula is C21H25FN2O4S. The molecule has 1 N–H and O–H groups in total. The van der Waals surface area contributed by atoms with Crippen molar-refractivity contribution in [1.82, 2.24) is 9.62 Å². The van der Waals surface area contributed by atoms with Gasteiger partial charge in [-0.2, -0.15) is 4.31 Å². The third-order valence-corrected chi connectivity index (χ3v) is 6.64. The first-order chi connectivity index (χ1) is 13.9. The Hall–Kier alpha value is -2.29. The Labute approximate surface area is 170 Å². The summed E-state index contributed by atoms with van der Waals surface area (Å²) in [5.41, 5.74) is 1.12. The lowest BCUT2D eigenvalue weighted by molar-refractivity contribution is -0.121. The lowest BCUT2D eigenvalue weighted by atomic mass is 10.2. The van der Waals surface area contributed by atoms with Gasteiger partial charge in [0, 0.05) is 25.3 Å². The van der Waals surface area contributed by atoms with Crippen LogP contribution >= 0.6 is 0 Å². The second-order valence-electron chi connectivity index (χ2n) is 7.12. The average Bonchev–Trinajstić information content (AvgIpc) is 3.21. The predicted octanol–water partition coefficient (Wildman–Crippen LogP) is 2.62. The van der Waals surface area contributed by atoms with Gasteiger partial charge in [0.2, 0.25) is 15.9 Å². The van der Waals surface area contributed by atoms with Crippen molar-refractivity contribution < 1.29 is 22.3 Å². The zero-order valence-electron chi connectivity index (χ0n) is 16.3. The molecule has 1 aliphatic rings. The van der Waals surface area contributed by atoms with Crippen molar-refractivity contribution in [2.45, 2.75) is 37.3 Å². The van der Waals surface area contributed by atoms with Crippen LogP contribution in [0.5, 0.6) is 0 Å². The molecule has 0 aromatic heterocycles. The number of aryl methyl sites for hydroxylation is 1. The molecule has 1 atom stereocenters. The Morgan fingerprint density at radius 2 is 1.93 bits per heavy atom. The molecule has 1 fully saturated rings. The van der Waals surface area contributed by atoms with E-state index >= 15 is 0 Å². The van der Waals surface area contributed by atoms with Crippen LogP contribution in [-0.4, -0.2) is 44.4 Å². The van der Waals surface area contributed by atoms with Crippen molar-refractivity contribution >= 4 is 15.9 Å². The summed E-state index contributed by atoms with van der Waals surface area (Å²) >= 11 is 0. The molecule has 0 aliphatic carbocycles. The minimum absolute atomic E-state index is 0.0485. The van der Waals surface area contributed by atoms with Gasteiger partial charge < -0.3 is 10.1 Å². The highest BCUT2D eigenvalue weighted by Crippen LogP contribution is 2.20. The van der Waals surface area contributed by atoms with Crippen LogP contribution in [0, 0.1) is 12.7 Å². The second-order valence-corrected chi connectivity index (χ2v) is 9.05. The molecule has 1 heterocycles. The van der Waals surface area contributed by atoms with Crippen LogP contribution in [0.3, 0.4) is 0 Å². The third-order valence-electron chi connectivity index (χ3n) is 4.83. The van der Waals surface area contributed by atoms with E-state index in [4.69, 9.17) is 4.74 Å². The van der Waals surface area contributed by atoms with Gasteiger partial charge in [0.25, 0.3) is 0 Å². The van der Waals surface area contributed by atoms with Crippen LogP contribution in [0.15, 0.2) is 53.4 Å². The number of carbonyl (C=O) groups excluding carboxylic acids is 1. The quantitative estimate of drug-likeness (QED) is 0.712. The molecule has 3 rings (SSSR count). The minimum atomic E-state index is -3.99. The topological polar surface area (TPSA) is 75.7 Å². The molecule has 0 saturated carbocycles. The Morgan fingerprint density at radius 1 is 1.21 bits per heavy atom. The number of amides is 1. The summed E-state index contributed by atoms with van der Waals surface area (Å²) in [5.74, 6) is -0.969. The largest absolute Gasteiger partial charge is 0.376 e. The zero-order valence-corrected chi connectivity index (χ0v) is 17.1. The molecule has 1 saturated heterocycles. The maximum absolute atomic E-state index is 14.1. The Morgan fingerprint density at radius 3 is 2.59 bits per heavy atom. The maximum atomic E-state index is 14.1. The van der Waals surface area contributed by atoms with Crippen LogP contribution in [-0.2, 0) is 26.1 Å². The summed E-state index contributed by atoms with van der Waals surface area (Å²) in [6.45, 7) is 2.21. The van der Waals surface area contributed by atoms with Crippen molar-refractivity contribution in [3.05, 3.63) is 65.5 Å². The smallest absolute Gasteiger partial charge is 0.243 e. The number of carbonyl (C=O) groups is 1. The average molecular weight is 421 g/mol. The summed E-state index contributed by atoms with van der Waals surface area (Å²) in [5, 5.41) is 2.72. The Bertz CT molecular complexity index is 941. The Balaban J connectivity index is 1.79. The monoisotopic (exact) mass is 420 g/mol. The van der Waals surface area contributed by atoms with Crippen molar-refractivity contribution in [3.8, 4) is 0 Å². The molecule has 29 heavy (non-hydrogen) atoms. The molecule has 6 nitrogen and oxygen atoms in total. The fraction of sp³-hybridized carbons (Fsp3) is 0.381. The normalized spacial score (nSPS) is 16.9. The number of sulfonamides is 1.